The Labute approximate surface area is 90.5 Å². The third kappa shape index (κ3) is 2.25. The molecule has 0 heterocycles. The molecular formula is C9H11IO3. The molecule has 0 aliphatic heterocycles. The second-order valence-corrected chi connectivity index (χ2v) is 3.88. The first-order chi connectivity index (χ1) is 6.06. The van der Waals surface area contributed by atoms with Gasteiger partial charge >= 0.3 is 0 Å². The maximum absolute atomic E-state index is 9.39. The first-order valence-corrected chi connectivity index (χ1v) is 4.88. The molecule has 1 unspecified atom stereocenters. The highest BCUT2D eigenvalue weighted by atomic mass is 127. The van der Waals surface area contributed by atoms with Gasteiger partial charge in [-0.3, -0.25) is 0 Å². The van der Waals surface area contributed by atoms with Gasteiger partial charge in [-0.1, -0.05) is 0 Å². The van der Waals surface area contributed by atoms with Crippen LogP contribution in [-0.2, 0) is 0 Å². The topological polar surface area (TPSA) is 49.7 Å². The predicted molar refractivity (Wildman–Crippen MR) is 58.0 cm³/mol. The number of ether oxygens (including phenoxy) is 1. The van der Waals surface area contributed by atoms with Gasteiger partial charge in [-0.2, -0.15) is 0 Å². The lowest BCUT2D eigenvalue weighted by Gasteiger charge is -2.12. The monoisotopic (exact) mass is 294 g/mol. The fourth-order valence-corrected chi connectivity index (χ4v) is 1.55. The minimum atomic E-state index is -0.593. The molecule has 0 saturated carbocycles. The minimum absolute atomic E-state index is 0.168. The zero-order valence-electron chi connectivity index (χ0n) is 7.41. The molecular weight excluding hydrogens is 283 g/mol. The van der Waals surface area contributed by atoms with Crippen LogP contribution in [0, 0.1) is 3.57 Å². The van der Waals surface area contributed by atoms with Gasteiger partial charge in [-0.05, 0) is 35.6 Å². The summed E-state index contributed by atoms with van der Waals surface area (Å²) < 4.78 is 5.72. The van der Waals surface area contributed by atoms with Gasteiger partial charge in [0.15, 0.2) is 0 Å². The summed E-state index contributed by atoms with van der Waals surface area (Å²) in [5.74, 6) is 0.676. The van der Waals surface area contributed by atoms with E-state index < -0.39 is 6.10 Å². The molecule has 1 aromatic carbocycles. The van der Waals surface area contributed by atoms with Gasteiger partial charge in [0.25, 0.3) is 0 Å². The number of aliphatic hydroxyl groups is 1. The minimum Gasteiger partial charge on any atom is -0.507 e. The highest BCUT2D eigenvalue weighted by Crippen LogP contribution is 2.32. The second kappa shape index (κ2) is 4.15. The number of methoxy groups -OCH3 is 1. The lowest BCUT2D eigenvalue weighted by atomic mass is 10.1. The van der Waals surface area contributed by atoms with Gasteiger partial charge in [0.1, 0.15) is 11.5 Å². The molecule has 0 radical (unpaired) electrons. The van der Waals surface area contributed by atoms with Crippen LogP contribution < -0.4 is 4.74 Å². The van der Waals surface area contributed by atoms with E-state index in [-0.39, 0.29) is 5.75 Å². The van der Waals surface area contributed by atoms with Crippen molar-refractivity contribution in [2.24, 2.45) is 0 Å². The highest BCUT2D eigenvalue weighted by molar-refractivity contribution is 14.1. The number of hydrogen-bond acceptors (Lipinski definition) is 3. The van der Waals surface area contributed by atoms with Crippen LogP contribution in [0.1, 0.15) is 18.6 Å². The summed E-state index contributed by atoms with van der Waals surface area (Å²) in [5, 5.41) is 18.8. The fourth-order valence-electron chi connectivity index (χ4n) is 1.06. The van der Waals surface area contributed by atoms with E-state index in [0.29, 0.717) is 14.9 Å². The smallest absolute Gasteiger partial charge is 0.132 e. The van der Waals surface area contributed by atoms with E-state index in [4.69, 9.17) is 4.74 Å². The zero-order valence-corrected chi connectivity index (χ0v) is 9.57. The van der Waals surface area contributed by atoms with Crippen LogP contribution in [-0.4, -0.2) is 17.3 Å². The Morgan fingerprint density at radius 3 is 2.54 bits per heavy atom. The van der Waals surface area contributed by atoms with E-state index in [0.717, 1.165) is 0 Å². The maximum atomic E-state index is 9.39. The van der Waals surface area contributed by atoms with E-state index >= 15 is 0 Å². The van der Waals surface area contributed by atoms with Crippen LogP contribution in [0.4, 0.5) is 0 Å². The molecule has 0 amide bonds. The third-order valence-corrected chi connectivity index (χ3v) is 2.61. The summed E-state index contributed by atoms with van der Waals surface area (Å²) in [6.07, 6.45) is -0.593. The Balaban J connectivity index is 3.25. The average Bonchev–Trinajstić information content (AvgIpc) is 2.08. The molecule has 0 bridgehead atoms. The van der Waals surface area contributed by atoms with Crippen LogP contribution >= 0.6 is 22.6 Å². The molecule has 1 rings (SSSR count). The third-order valence-electron chi connectivity index (χ3n) is 1.75. The molecule has 4 heteroatoms. The number of phenols is 1. The Kier molecular flexibility index (Phi) is 3.38. The number of phenolic OH excluding ortho intramolecular Hbond substituents is 1. The molecule has 0 aromatic heterocycles. The van der Waals surface area contributed by atoms with Crippen LogP contribution in [0.15, 0.2) is 12.1 Å². The molecule has 13 heavy (non-hydrogen) atoms. The molecule has 2 N–H and O–H groups in total. The van der Waals surface area contributed by atoms with E-state index in [1.165, 1.54) is 13.2 Å². The van der Waals surface area contributed by atoms with Crippen molar-refractivity contribution in [2.75, 3.05) is 7.11 Å². The summed E-state index contributed by atoms with van der Waals surface area (Å²) in [4.78, 5) is 0. The Morgan fingerprint density at radius 1 is 1.46 bits per heavy atom. The van der Waals surface area contributed by atoms with Crippen molar-refractivity contribution >= 4 is 22.6 Å². The van der Waals surface area contributed by atoms with Gasteiger partial charge in [-0.25, -0.2) is 0 Å². The number of halogens is 1. The SMILES string of the molecule is COc1cc(O)c(I)cc1C(C)O. The lowest BCUT2D eigenvalue weighted by molar-refractivity contribution is 0.194. The van der Waals surface area contributed by atoms with Gasteiger partial charge in [0, 0.05) is 11.6 Å². The first-order valence-electron chi connectivity index (χ1n) is 3.80. The zero-order chi connectivity index (χ0) is 10.0. The summed E-state index contributed by atoms with van der Waals surface area (Å²) in [7, 11) is 1.51. The maximum Gasteiger partial charge on any atom is 0.132 e. The summed E-state index contributed by atoms with van der Waals surface area (Å²) in [6.45, 7) is 1.66. The number of hydrogen-bond donors (Lipinski definition) is 2. The highest BCUT2D eigenvalue weighted by Gasteiger charge is 2.11. The van der Waals surface area contributed by atoms with Crippen molar-refractivity contribution in [3.05, 3.63) is 21.3 Å². The molecule has 0 aliphatic carbocycles. The van der Waals surface area contributed by atoms with Crippen LogP contribution in [0.5, 0.6) is 11.5 Å². The van der Waals surface area contributed by atoms with E-state index in [1.807, 2.05) is 22.6 Å². The molecule has 3 nitrogen and oxygen atoms in total. The van der Waals surface area contributed by atoms with Gasteiger partial charge in [0.05, 0.1) is 16.8 Å². The Bertz CT molecular complexity index is 310. The fraction of sp³-hybridized carbons (Fsp3) is 0.333. The Hall–Kier alpha value is -0.490. The van der Waals surface area contributed by atoms with E-state index in [9.17, 15) is 10.2 Å². The normalized spacial score (nSPS) is 12.6. The van der Waals surface area contributed by atoms with Crippen LogP contribution in [0.3, 0.4) is 0 Å². The van der Waals surface area contributed by atoms with Crippen LogP contribution in [0.2, 0.25) is 0 Å². The van der Waals surface area contributed by atoms with Crippen LogP contribution in [0.25, 0.3) is 0 Å². The second-order valence-electron chi connectivity index (χ2n) is 2.72. The van der Waals surface area contributed by atoms with Gasteiger partial charge < -0.3 is 14.9 Å². The van der Waals surface area contributed by atoms with E-state index in [2.05, 4.69) is 0 Å². The molecule has 72 valence electrons. The summed E-state index contributed by atoms with van der Waals surface area (Å²) in [5.41, 5.74) is 0.685. The van der Waals surface area contributed by atoms with Crippen molar-refractivity contribution in [1.29, 1.82) is 0 Å². The average molecular weight is 294 g/mol. The molecule has 0 saturated heterocycles. The summed E-state index contributed by atoms with van der Waals surface area (Å²) in [6, 6.07) is 3.21. The largest absolute Gasteiger partial charge is 0.507 e. The van der Waals surface area contributed by atoms with Crippen molar-refractivity contribution in [1.82, 2.24) is 0 Å². The van der Waals surface area contributed by atoms with Crippen molar-refractivity contribution in [3.63, 3.8) is 0 Å². The number of benzene rings is 1. The molecule has 0 fully saturated rings. The van der Waals surface area contributed by atoms with Crippen molar-refractivity contribution in [2.45, 2.75) is 13.0 Å². The quantitative estimate of drug-likeness (QED) is 0.821. The molecule has 1 aromatic rings. The first kappa shape index (κ1) is 10.6. The molecule has 0 aliphatic rings. The molecule has 1 atom stereocenters. The van der Waals surface area contributed by atoms with Gasteiger partial charge in [-0.15, -0.1) is 0 Å². The molecule has 0 spiro atoms. The van der Waals surface area contributed by atoms with E-state index in [1.54, 1.807) is 13.0 Å². The number of aliphatic hydroxyl groups excluding tert-OH is 1. The standard InChI is InChI=1S/C9H11IO3/c1-5(11)6-3-7(10)8(12)4-9(6)13-2/h3-5,11-12H,1-2H3. The van der Waals surface area contributed by atoms with Crippen molar-refractivity contribution < 1.29 is 14.9 Å². The van der Waals surface area contributed by atoms with Gasteiger partial charge in [0.2, 0.25) is 0 Å². The number of rotatable bonds is 2. The van der Waals surface area contributed by atoms with Crippen molar-refractivity contribution in [3.8, 4) is 11.5 Å². The predicted octanol–water partition coefficient (Wildman–Crippen LogP) is 2.06. The lowest BCUT2D eigenvalue weighted by Crippen LogP contribution is -1.97. The number of aromatic hydroxyl groups is 1. The summed E-state index contributed by atoms with van der Waals surface area (Å²) >= 11 is 2.00. The Morgan fingerprint density at radius 2 is 2.08 bits per heavy atom.